The van der Waals surface area contributed by atoms with Gasteiger partial charge < -0.3 is 9.80 Å². The van der Waals surface area contributed by atoms with Crippen molar-refractivity contribution in [2.45, 2.75) is 13.5 Å². The second-order valence-electron chi connectivity index (χ2n) is 6.88. The Labute approximate surface area is 167 Å². The topological polar surface area (TPSA) is 68.4 Å². The van der Waals surface area contributed by atoms with Crippen LogP contribution < -0.4 is 4.90 Å². The van der Waals surface area contributed by atoms with Gasteiger partial charge in [-0.3, -0.25) is 4.79 Å². The molecular weight excluding hydrogens is 372 g/mol. The fourth-order valence-corrected chi connectivity index (χ4v) is 4.18. The maximum Gasteiger partial charge on any atom is 0.273 e. The molecular formula is C20H23N6OS+. The molecule has 144 valence electrons. The molecule has 4 rings (SSSR count). The van der Waals surface area contributed by atoms with Crippen molar-refractivity contribution in [3.05, 3.63) is 64.1 Å². The van der Waals surface area contributed by atoms with E-state index in [1.165, 1.54) is 14.5 Å². The van der Waals surface area contributed by atoms with Crippen molar-refractivity contribution in [3.63, 3.8) is 0 Å². The van der Waals surface area contributed by atoms with Crippen LogP contribution in [0.2, 0.25) is 0 Å². The first-order chi connectivity index (χ1) is 13.7. The Hall–Kier alpha value is -2.84. The molecule has 1 aliphatic rings. The van der Waals surface area contributed by atoms with Crippen molar-refractivity contribution in [2.24, 2.45) is 0 Å². The van der Waals surface area contributed by atoms with Crippen LogP contribution in [0.15, 0.2) is 47.8 Å². The van der Waals surface area contributed by atoms with Crippen molar-refractivity contribution in [2.75, 3.05) is 26.2 Å². The fraction of sp³-hybridized carbons (Fsp3) is 0.300. The summed E-state index contributed by atoms with van der Waals surface area (Å²) in [6.07, 6.45) is 1.86. The van der Waals surface area contributed by atoms with Crippen molar-refractivity contribution >= 4 is 29.0 Å². The Morgan fingerprint density at radius 2 is 1.96 bits per heavy atom. The summed E-state index contributed by atoms with van der Waals surface area (Å²) in [5.74, 6) is 0.562. The summed E-state index contributed by atoms with van der Waals surface area (Å²) in [5, 5.41) is 13.8. The van der Waals surface area contributed by atoms with Crippen molar-refractivity contribution in [3.8, 4) is 0 Å². The molecule has 0 bridgehead atoms. The van der Waals surface area contributed by atoms with E-state index in [0.717, 1.165) is 38.3 Å². The molecule has 1 aromatic carbocycles. The number of rotatable bonds is 5. The van der Waals surface area contributed by atoms with E-state index in [-0.39, 0.29) is 5.91 Å². The van der Waals surface area contributed by atoms with E-state index < -0.39 is 0 Å². The molecule has 0 aliphatic carbocycles. The first kappa shape index (κ1) is 18.5. The first-order valence-corrected chi connectivity index (χ1v) is 10.3. The molecule has 3 aromatic rings. The lowest BCUT2D eigenvalue weighted by atomic mass is 10.1. The van der Waals surface area contributed by atoms with E-state index in [1.54, 1.807) is 18.3 Å². The van der Waals surface area contributed by atoms with Crippen LogP contribution in [-0.2, 0) is 11.3 Å². The summed E-state index contributed by atoms with van der Waals surface area (Å²) in [6.45, 7) is 6.17. The molecule has 2 aromatic heterocycles. The van der Waals surface area contributed by atoms with E-state index in [0.29, 0.717) is 11.5 Å². The van der Waals surface area contributed by atoms with Crippen LogP contribution in [0.1, 0.15) is 16.3 Å². The zero-order chi connectivity index (χ0) is 19.3. The molecule has 1 N–H and O–H groups in total. The van der Waals surface area contributed by atoms with Crippen LogP contribution in [0.3, 0.4) is 0 Å². The van der Waals surface area contributed by atoms with Gasteiger partial charge in [0.15, 0.2) is 5.82 Å². The molecule has 28 heavy (non-hydrogen) atoms. The average molecular weight is 396 g/mol. The Morgan fingerprint density at radius 3 is 2.61 bits per heavy atom. The van der Waals surface area contributed by atoms with E-state index >= 15 is 0 Å². The number of nitrogens with one attached hydrogen (secondary N) is 1. The minimum absolute atomic E-state index is 0.0329. The Kier molecular flexibility index (Phi) is 5.59. The highest BCUT2D eigenvalue weighted by molar-refractivity contribution is 7.09. The third-order valence-electron chi connectivity index (χ3n) is 4.94. The summed E-state index contributed by atoms with van der Waals surface area (Å²) >= 11 is 1.79. The molecule has 1 aliphatic heterocycles. The predicted octanol–water partition coefficient (Wildman–Crippen LogP) is 0.968. The molecule has 0 unspecified atom stereocenters. The first-order valence-electron chi connectivity index (χ1n) is 9.38. The fourth-order valence-electron chi connectivity index (χ4n) is 3.40. The number of benzene rings is 1. The number of thiophene rings is 1. The van der Waals surface area contributed by atoms with Crippen LogP contribution in [0.25, 0.3) is 11.8 Å². The molecule has 8 heteroatoms. The number of piperazine rings is 1. The maximum atomic E-state index is 13.3. The van der Waals surface area contributed by atoms with E-state index in [9.17, 15) is 4.79 Å². The number of amides is 1. The molecule has 1 saturated heterocycles. The van der Waals surface area contributed by atoms with Gasteiger partial charge >= 0.3 is 0 Å². The Morgan fingerprint density at radius 1 is 1.18 bits per heavy atom. The van der Waals surface area contributed by atoms with Gasteiger partial charge in [0.05, 0.1) is 31.1 Å². The predicted molar refractivity (Wildman–Crippen MR) is 108 cm³/mol. The molecule has 1 fully saturated rings. The van der Waals surface area contributed by atoms with Gasteiger partial charge in [-0.2, -0.15) is 4.68 Å². The molecule has 7 nitrogen and oxygen atoms in total. The molecule has 0 radical (unpaired) electrons. The zero-order valence-electron chi connectivity index (χ0n) is 15.8. The van der Waals surface area contributed by atoms with Gasteiger partial charge in [0.1, 0.15) is 12.2 Å². The second kappa shape index (κ2) is 8.45. The normalized spacial score (nSPS) is 15.8. The molecule has 0 atom stereocenters. The quantitative estimate of drug-likeness (QED) is 0.654. The maximum absolute atomic E-state index is 13.3. The SMILES string of the molecule is Cc1nnnn1/C(=C\c1ccccc1)C(=O)N1CC[NH+](Cc2cccs2)CC1. The van der Waals surface area contributed by atoms with Crippen LogP contribution in [0.5, 0.6) is 0 Å². The Bertz CT molecular complexity index is 942. The van der Waals surface area contributed by atoms with Gasteiger partial charge in [-0.1, -0.05) is 36.4 Å². The van der Waals surface area contributed by atoms with Gasteiger partial charge in [0.25, 0.3) is 5.91 Å². The lowest BCUT2D eigenvalue weighted by Crippen LogP contribution is -3.13. The summed E-state index contributed by atoms with van der Waals surface area (Å²) in [6, 6.07) is 14.1. The van der Waals surface area contributed by atoms with Crippen LogP contribution in [0.4, 0.5) is 0 Å². The number of aromatic nitrogens is 4. The molecule has 1 amide bonds. The number of aryl methyl sites for hydroxylation is 1. The number of carbonyl (C=O) groups is 1. The molecule has 3 heterocycles. The van der Waals surface area contributed by atoms with Gasteiger partial charge in [0, 0.05) is 0 Å². The highest BCUT2D eigenvalue weighted by Crippen LogP contribution is 2.15. The second-order valence-corrected chi connectivity index (χ2v) is 7.91. The molecule has 0 spiro atoms. The standard InChI is InChI=1S/C20H22N6OS/c1-16-21-22-23-26(16)19(14-17-6-3-2-4-7-17)20(27)25-11-9-24(10-12-25)15-18-8-5-13-28-18/h2-8,13-14H,9-12,15H2,1H3/p+1/b19-14-. The highest BCUT2D eigenvalue weighted by atomic mass is 32.1. The highest BCUT2D eigenvalue weighted by Gasteiger charge is 2.28. The van der Waals surface area contributed by atoms with E-state index in [2.05, 4.69) is 33.0 Å². The minimum atomic E-state index is -0.0329. The summed E-state index contributed by atoms with van der Waals surface area (Å²) in [7, 11) is 0. The van der Waals surface area contributed by atoms with Crippen molar-refractivity contribution < 1.29 is 9.69 Å². The number of carbonyl (C=O) groups excluding carboxylic acids is 1. The number of nitrogens with zero attached hydrogens (tertiary/aromatic N) is 5. The van der Waals surface area contributed by atoms with Gasteiger partial charge in [0.2, 0.25) is 0 Å². The van der Waals surface area contributed by atoms with Gasteiger partial charge in [-0.05, 0) is 40.4 Å². The van der Waals surface area contributed by atoms with E-state index in [1.807, 2.05) is 41.3 Å². The monoisotopic (exact) mass is 395 g/mol. The number of hydrogen-bond acceptors (Lipinski definition) is 5. The van der Waals surface area contributed by atoms with Gasteiger partial charge in [-0.25, -0.2) is 0 Å². The number of quaternary nitrogens is 1. The third kappa shape index (κ3) is 4.18. The minimum Gasteiger partial charge on any atom is -0.328 e. The summed E-state index contributed by atoms with van der Waals surface area (Å²) < 4.78 is 1.53. The summed E-state index contributed by atoms with van der Waals surface area (Å²) in [4.78, 5) is 18.1. The van der Waals surface area contributed by atoms with Crippen molar-refractivity contribution in [1.29, 1.82) is 0 Å². The van der Waals surface area contributed by atoms with Crippen LogP contribution >= 0.6 is 11.3 Å². The summed E-state index contributed by atoms with van der Waals surface area (Å²) in [5.41, 5.74) is 1.43. The van der Waals surface area contributed by atoms with Gasteiger partial charge in [-0.15, -0.1) is 16.4 Å². The van der Waals surface area contributed by atoms with Crippen LogP contribution in [0, 0.1) is 6.92 Å². The largest absolute Gasteiger partial charge is 0.328 e. The third-order valence-corrected chi connectivity index (χ3v) is 5.81. The smallest absolute Gasteiger partial charge is 0.273 e. The number of tetrazole rings is 1. The zero-order valence-corrected chi connectivity index (χ0v) is 16.6. The Balaban J connectivity index is 1.50. The average Bonchev–Trinajstić information content (AvgIpc) is 3.39. The molecule has 0 saturated carbocycles. The van der Waals surface area contributed by atoms with Crippen molar-refractivity contribution in [1.82, 2.24) is 25.1 Å². The number of hydrogen-bond donors (Lipinski definition) is 1. The lowest BCUT2D eigenvalue weighted by Gasteiger charge is -2.32. The van der Waals surface area contributed by atoms with E-state index in [4.69, 9.17) is 0 Å². The lowest BCUT2D eigenvalue weighted by molar-refractivity contribution is -0.917. The van der Waals surface area contributed by atoms with Crippen LogP contribution in [-0.4, -0.2) is 57.2 Å².